The number of carboxylic acid groups (broad SMARTS) is 2. The van der Waals surface area contributed by atoms with Gasteiger partial charge in [-0.15, -0.1) is 0 Å². The Bertz CT molecular complexity index is 659. The molecule has 8 nitrogen and oxygen atoms in total. The van der Waals surface area contributed by atoms with Crippen LogP contribution in [0.2, 0.25) is 0 Å². The Morgan fingerprint density at radius 3 is 2.08 bits per heavy atom. The van der Waals surface area contributed by atoms with E-state index in [2.05, 4.69) is 0 Å². The predicted octanol–water partition coefficient (Wildman–Crippen LogP) is 0.877. The molecule has 1 unspecified atom stereocenters. The molecule has 25 heavy (non-hydrogen) atoms. The summed E-state index contributed by atoms with van der Waals surface area (Å²) < 4.78 is 5.38. The maximum Gasteiger partial charge on any atom is 0.394 e. The fraction of sp³-hybridized carbons (Fsp3) is 0.412. The highest BCUT2D eigenvalue weighted by atomic mass is 16.5. The number of aliphatic carboxylic acids is 2. The fourth-order valence-electron chi connectivity index (χ4n) is 1.74. The van der Waals surface area contributed by atoms with Gasteiger partial charge in [0.1, 0.15) is 18.4 Å². The minimum atomic E-state index is -1.75. The van der Waals surface area contributed by atoms with Crippen LogP contribution in [0.25, 0.3) is 0 Å². The Kier molecular flexibility index (Phi) is 6.67. The van der Waals surface area contributed by atoms with E-state index in [1.54, 1.807) is 45.0 Å². The summed E-state index contributed by atoms with van der Waals surface area (Å²) in [5.74, 6) is -4.08. The van der Waals surface area contributed by atoms with Gasteiger partial charge < -0.3 is 20.3 Å². The Morgan fingerprint density at radius 1 is 1.08 bits per heavy atom. The van der Waals surface area contributed by atoms with Crippen LogP contribution >= 0.6 is 0 Å². The van der Waals surface area contributed by atoms with Crippen molar-refractivity contribution < 1.29 is 34.1 Å². The highest BCUT2D eigenvalue weighted by Crippen LogP contribution is 2.17. The first-order valence-corrected chi connectivity index (χ1v) is 7.52. The summed E-state index contributed by atoms with van der Waals surface area (Å²) >= 11 is 0. The average molecular weight is 351 g/mol. The number of carbonyl (C=O) groups excluding carboxylic acids is 2. The van der Waals surface area contributed by atoms with E-state index in [-0.39, 0.29) is 18.8 Å². The van der Waals surface area contributed by atoms with Gasteiger partial charge in [-0.25, -0.2) is 9.59 Å². The summed E-state index contributed by atoms with van der Waals surface area (Å²) in [7, 11) is 0. The topological polar surface area (TPSA) is 130 Å². The van der Waals surface area contributed by atoms with E-state index < -0.39 is 29.3 Å². The van der Waals surface area contributed by atoms with Gasteiger partial charge in [-0.2, -0.15) is 0 Å². The average Bonchev–Trinajstić information content (AvgIpc) is 2.51. The van der Waals surface area contributed by atoms with Crippen LogP contribution in [0.4, 0.5) is 0 Å². The van der Waals surface area contributed by atoms with Crippen LogP contribution in [0.3, 0.4) is 0 Å². The second kappa shape index (κ2) is 8.27. The number of nitrogens with one attached hydrogen (secondary N) is 1. The molecule has 1 amide bonds. The van der Waals surface area contributed by atoms with Gasteiger partial charge in [0.15, 0.2) is 5.78 Å². The first-order chi connectivity index (χ1) is 11.5. The van der Waals surface area contributed by atoms with E-state index in [4.69, 9.17) is 14.9 Å². The normalized spacial score (nSPS) is 12.1. The smallest absolute Gasteiger partial charge is 0.394 e. The lowest BCUT2D eigenvalue weighted by Crippen LogP contribution is -2.45. The first-order valence-electron chi connectivity index (χ1n) is 7.52. The molecule has 0 aromatic heterocycles. The summed E-state index contributed by atoms with van der Waals surface area (Å²) in [6.45, 7) is 5.30. The summed E-state index contributed by atoms with van der Waals surface area (Å²) in [6.07, 6.45) is -0.0877. The monoisotopic (exact) mass is 351 g/mol. The molecule has 0 bridgehead atoms. The molecule has 0 radical (unpaired) electrons. The molecule has 136 valence electrons. The molecule has 1 aromatic rings. The number of hydrogen-bond acceptors (Lipinski definition) is 5. The third-order valence-corrected chi connectivity index (χ3v) is 3.37. The molecule has 0 spiro atoms. The zero-order valence-electron chi connectivity index (χ0n) is 14.2. The number of rotatable bonds is 7. The van der Waals surface area contributed by atoms with E-state index in [1.807, 2.05) is 5.32 Å². The van der Waals surface area contributed by atoms with Gasteiger partial charge in [-0.05, 0) is 17.7 Å². The Hall–Kier alpha value is -2.90. The fourth-order valence-corrected chi connectivity index (χ4v) is 1.74. The number of amides is 1. The van der Waals surface area contributed by atoms with Crippen LogP contribution in [0, 0.1) is 5.41 Å². The van der Waals surface area contributed by atoms with Crippen molar-refractivity contribution in [2.45, 2.75) is 33.2 Å². The van der Waals surface area contributed by atoms with Gasteiger partial charge in [-0.1, -0.05) is 32.9 Å². The molecule has 1 atom stereocenters. The van der Waals surface area contributed by atoms with Gasteiger partial charge in [0, 0.05) is 11.8 Å². The van der Waals surface area contributed by atoms with Crippen LogP contribution in [-0.2, 0) is 25.6 Å². The van der Waals surface area contributed by atoms with Crippen LogP contribution < -0.4 is 10.1 Å². The second-order valence-corrected chi connectivity index (χ2v) is 6.48. The Morgan fingerprint density at radius 2 is 1.64 bits per heavy atom. The molecular formula is C17H21NO7. The van der Waals surface area contributed by atoms with Crippen LogP contribution in [0.5, 0.6) is 5.75 Å². The van der Waals surface area contributed by atoms with Gasteiger partial charge in [0.2, 0.25) is 0 Å². The largest absolute Gasteiger partial charge is 0.486 e. The van der Waals surface area contributed by atoms with Gasteiger partial charge in [-0.3, -0.25) is 9.59 Å². The number of ether oxygens (including phenoxy) is 1. The lowest BCUT2D eigenvalue weighted by molar-refractivity contribution is -0.152. The lowest BCUT2D eigenvalue weighted by Gasteiger charge is -2.17. The maximum atomic E-state index is 11.8. The molecule has 0 fully saturated rings. The van der Waals surface area contributed by atoms with Crippen molar-refractivity contribution in [3.05, 3.63) is 29.8 Å². The van der Waals surface area contributed by atoms with Crippen LogP contribution in [-0.4, -0.2) is 46.5 Å². The summed E-state index contributed by atoms with van der Waals surface area (Å²) in [5.41, 5.74) is 0.0596. The van der Waals surface area contributed by atoms with Crippen molar-refractivity contribution in [2.24, 2.45) is 5.41 Å². The molecule has 1 aromatic carbocycles. The third-order valence-electron chi connectivity index (χ3n) is 3.37. The van der Waals surface area contributed by atoms with E-state index in [1.165, 1.54) is 0 Å². The van der Waals surface area contributed by atoms with Crippen molar-refractivity contribution in [2.75, 3.05) is 6.61 Å². The van der Waals surface area contributed by atoms with Gasteiger partial charge in [0.25, 0.3) is 0 Å². The number of Topliss-reactive ketones (excluding diaryl/α,β-unsaturated/α-hetero) is 1. The minimum Gasteiger partial charge on any atom is -0.486 e. The molecule has 3 N–H and O–H groups in total. The number of benzene rings is 1. The van der Waals surface area contributed by atoms with E-state index in [9.17, 15) is 19.2 Å². The summed E-state index contributed by atoms with van der Waals surface area (Å²) in [4.78, 5) is 44.5. The molecule has 0 aliphatic carbocycles. The molecule has 0 saturated carbocycles. The Balaban J connectivity index is 2.68. The van der Waals surface area contributed by atoms with Crippen molar-refractivity contribution in [3.63, 3.8) is 0 Å². The van der Waals surface area contributed by atoms with E-state index >= 15 is 0 Å². The first kappa shape index (κ1) is 20.1. The molecule has 1 rings (SSSR count). The molecule has 0 aliphatic rings. The minimum absolute atomic E-state index is 0.0566. The standard InChI is InChI=1S/C17H21NO7/c1-17(2,3)13(19)9-25-11-6-4-10(5-7-11)8-12(15(21)22)18-14(20)16(23)24/h4-7,12H,8-9H2,1-3H3,(H,18,20)(H,21,22)(H,23,24). The number of carbonyl (C=O) groups is 4. The maximum absolute atomic E-state index is 11.8. The van der Waals surface area contributed by atoms with Crippen molar-refractivity contribution in [1.82, 2.24) is 5.32 Å². The number of ketones is 1. The highest BCUT2D eigenvalue weighted by Gasteiger charge is 2.24. The van der Waals surface area contributed by atoms with Crippen LogP contribution in [0.15, 0.2) is 24.3 Å². The lowest BCUT2D eigenvalue weighted by atomic mass is 9.91. The molecule has 0 saturated heterocycles. The zero-order valence-corrected chi connectivity index (χ0v) is 14.2. The summed E-state index contributed by atoms with van der Waals surface area (Å²) in [6, 6.07) is 4.95. The van der Waals surface area contributed by atoms with Crippen molar-refractivity contribution in [3.8, 4) is 5.75 Å². The van der Waals surface area contributed by atoms with Crippen LogP contribution in [0.1, 0.15) is 26.3 Å². The molecular weight excluding hydrogens is 330 g/mol. The molecule has 0 aliphatic heterocycles. The van der Waals surface area contributed by atoms with Gasteiger partial charge >= 0.3 is 17.8 Å². The van der Waals surface area contributed by atoms with E-state index in [0.29, 0.717) is 11.3 Å². The number of carboxylic acids is 2. The van der Waals surface area contributed by atoms with E-state index in [0.717, 1.165) is 0 Å². The molecule has 0 heterocycles. The van der Waals surface area contributed by atoms with Crippen molar-refractivity contribution >= 4 is 23.6 Å². The Labute approximate surface area is 144 Å². The number of hydrogen-bond donors (Lipinski definition) is 3. The van der Waals surface area contributed by atoms with Gasteiger partial charge in [0.05, 0.1) is 0 Å². The predicted molar refractivity (Wildman–Crippen MR) is 87.3 cm³/mol. The highest BCUT2D eigenvalue weighted by molar-refractivity contribution is 6.31. The quantitative estimate of drug-likeness (QED) is 0.622. The second-order valence-electron chi connectivity index (χ2n) is 6.48. The van der Waals surface area contributed by atoms with Crippen molar-refractivity contribution in [1.29, 1.82) is 0 Å². The molecule has 8 heteroatoms. The zero-order chi connectivity index (χ0) is 19.2. The summed E-state index contributed by atoms with van der Waals surface area (Å²) in [5, 5.41) is 19.5. The SMILES string of the molecule is CC(C)(C)C(=O)COc1ccc(CC(NC(=O)C(=O)O)C(=O)O)cc1. The third kappa shape index (κ3) is 6.62.